The predicted molar refractivity (Wildman–Crippen MR) is 108 cm³/mol. The van der Waals surface area contributed by atoms with Crippen LogP contribution in [0.15, 0.2) is 78.9 Å². The van der Waals surface area contributed by atoms with Gasteiger partial charge in [0.2, 0.25) is 0 Å². The number of ketones is 1. The molecule has 0 aromatic heterocycles. The Morgan fingerprint density at radius 1 is 0.929 bits per heavy atom. The maximum Gasteiger partial charge on any atom is 0.163 e. The fourth-order valence-electron chi connectivity index (χ4n) is 3.03. The highest BCUT2D eigenvalue weighted by molar-refractivity contribution is 5.96. The van der Waals surface area contributed by atoms with E-state index in [9.17, 15) is 14.7 Å². The Hall–Kier alpha value is -3.24. The van der Waals surface area contributed by atoms with Crippen molar-refractivity contribution in [2.75, 3.05) is 6.61 Å². The van der Waals surface area contributed by atoms with Crippen LogP contribution in [0.4, 0.5) is 0 Å². The molecule has 1 unspecified atom stereocenters. The van der Waals surface area contributed by atoms with Crippen molar-refractivity contribution in [3.05, 3.63) is 101 Å². The van der Waals surface area contributed by atoms with Crippen molar-refractivity contribution in [2.45, 2.75) is 18.9 Å². The van der Waals surface area contributed by atoms with E-state index in [0.29, 0.717) is 23.5 Å². The molecule has 4 heteroatoms. The second kappa shape index (κ2) is 9.62. The molecule has 142 valence electrons. The lowest BCUT2D eigenvalue weighted by molar-refractivity contribution is 0.0959. The van der Waals surface area contributed by atoms with Gasteiger partial charge in [-0.2, -0.15) is 0 Å². The third-order valence-corrected chi connectivity index (χ3v) is 4.68. The van der Waals surface area contributed by atoms with Gasteiger partial charge in [0.25, 0.3) is 0 Å². The van der Waals surface area contributed by atoms with Crippen molar-refractivity contribution in [1.29, 1.82) is 0 Å². The van der Waals surface area contributed by atoms with Crippen LogP contribution in [-0.4, -0.2) is 23.8 Å². The molecule has 0 heterocycles. The molecule has 0 aliphatic rings. The lowest BCUT2D eigenvalue weighted by atomic mass is 9.92. The second-order valence-corrected chi connectivity index (χ2v) is 6.55. The lowest BCUT2D eigenvalue weighted by Crippen LogP contribution is -2.11. The van der Waals surface area contributed by atoms with Gasteiger partial charge in [-0.05, 0) is 23.3 Å². The number of carbonyl (C=O) groups excluding carboxylic acids is 2. The molecule has 3 rings (SSSR count). The van der Waals surface area contributed by atoms with Crippen molar-refractivity contribution in [1.82, 2.24) is 0 Å². The van der Waals surface area contributed by atoms with E-state index in [1.807, 2.05) is 60.7 Å². The van der Waals surface area contributed by atoms with Crippen LogP contribution in [0.1, 0.15) is 44.2 Å². The molecular weight excluding hydrogens is 352 g/mol. The highest BCUT2D eigenvalue weighted by atomic mass is 16.5. The number of Topliss-reactive ketones (excluding diaryl/α,β-unsaturated/α-hetero) is 1. The van der Waals surface area contributed by atoms with E-state index in [0.717, 1.165) is 17.4 Å². The second-order valence-electron chi connectivity index (χ2n) is 6.55. The first-order valence-electron chi connectivity index (χ1n) is 9.16. The molecule has 0 radical (unpaired) electrons. The van der Waals surface area contributed by atoms with Crippen molar-refractivity contribution >= 4 is 12.1 Å². The van der Waals surface area contributed by atoms with Crippen LogP contribution in [-0.2, 0) is 6.61 Å². The summed E-state index contributed by atoms with van der Waals surface area (Å²) < 4.78 is 5.77. The van der Waals surface area contributed by atoms with Gasteiger partial charge in [-0.1, -0.05) is 66.7 Å². The Morgan fingerprint density at radius 3 is 2.29 bits per heavy atom. The maximum absolute atomic E-state index is 12.4. The smallest absolute Gasteiger partial charge is 0.163 e. The van der Waals surface area contributed by atoms with Crippen LogP contribution >= 0.6 is 0 Å². The molecule has 1 N–H and O–H groups in total. The van der Waals surface area contributed by atoms with E-state index in [-0.39, 0.29) is 24.7 Å². The number of hydrogen-bond donors (Lipinski definition) is 1. The van der Waals surface area contributed by atoms with Crippen LogP contribution in [0.25, 0.3) is 0 Å². The molecule has 28 heavy (non-hydrogen) atoms. The van der Waals surface area contributed by atoms with Gasteiger partial charge in [0.05, 0.1) is 6.61 Å². The minimum absolute atomic E-state index is 0.00504. The van der Waals surface area contributed by atoms with E-state index in [4.69, 9.17) is 4.74 Å². The summed E-state index contributed by atoms with van der Waals surface area (Å²) in [6.07, 6.45) is 1.06. The monoisotopic (exact) mass is 374 g/mol. The van der Waals surface area contributed by atoms with Gasteiger partial charge >= 0.3 is 0 Å². The predicted octanol–water partition coefficient (Wildman–Crippen LogP) is 4.43. The van der Waals surface area contributed by atoms with E-state index >= 15 is 0 Å². The summed E-state index contributed by atoms with van der Waals surface area (Å²) in [5.41, 5.74) is 2.96. The van der Waals surface area contributed by atoms with Crippen LogP contribution in [0.5, 0.6) is 5.75 Å². The summed E-state index contributed by atoms with van der Waals surface area (Å²) in [4.78, 5) is 23.5. The number of hydrogen-bond acceptors (Lipinski definition) is 4. The topological polar surface area (TPSA) is 63.6 Å². The van der Waals surface area contributed by atoms with Crippen molar-refractivity contribution in [3.8, 4) is 5.75 Å². The largest absolute Gasteiger partial charge is 0.489 e. The van der Waals surface area contributed by atoms with Gasteiger partial charge in [0.1, 0.15) is 18.6 Å². The van der Waals surface area contributed by atoms with Gasteiger partial charge < -0.3 is 9.84 Å². The maximum atomic E-state index is 12.4. The summed E-state index contributed by atoms with van der Waals surface area (Å²) in [6, 6.07) is 23.7. The number of aliphatic hydroxyl groups excluding tert-OH is 1. The Bertz CT molecular complexity index is 917. The van der Waals surface area contributed by atoms with Crippen LogP contribution < -0.4 is 4.74 Å². The van der Waals surface area contributed by atoms with Crippen LogP contribution in [0.2, 0.25) is 0 Å². The zero-order chi connectivity index (χ0) is 19.8. The van der Waals surface area contributed by atoms with E-state index in [1.165, 1.54) is 0 Å². The van der Waals surface area contributed by atoms with Gasteiger partial charge in [0.15, 0.2) is 5.78 Å². The molecule has 0 aliphatic carbocycles. The number of benzene rings is 3. The molecule has 0 fully saturated rings. The van der Waals surface area contributed by atoms with Crippen LogP contribution in [0.3, 0.4) is 0 Å². The molecular formula is C24H22O4. The van der Waals surface area contributed by atoms with E-state index < -0.39 is 0 Å². The molecule has 0 bridgehead atoms. The van der Waals surface area contributed by atoms with Crippen molar-refractivity contribution < 1.29 is 19.4 Å². The minimum atomic E-state index is -0.266. The molecule has 3 aromatic rings. The quantitative estimate of drug-likeness (QED) is 0.445. The van der Waals surface area contributed by atoms with Crippen molar-refractivity contribution in [2.24, 2.45) is 0 Å². The summed E-state index contributed by atoms with van der Waals surface area (Å²) in [7, 11) is 0. The molecule has 3 aromatic carbocycles. The average Bonchev–Trinajstić information content (AvgIpc) is 2.77. The average molecular weight is 374 g/mol. The summed E-state index contributed by atoms with van der Waals surface area (Å²) in [6.45, 7) is 0.190. The van der Waals surface area contributed by atoms with E-state index in [1.54, 1.807) is 18.2 Å². The number of ether oxygens (including phenoxy) is 1. The molecule has 0 aliphatic heterocycles. The zero-order valence-corrected chi connectivity index (χ0v) is 15.5. The summed E-state index contributed by atoms with van der Waals surface area (Å²) in [5, 5.41) is 9.74. The first-order valence-corrected chi connectivity index (χ1v) is 9.16. The Morgan fingerprint density at radius 2 is 1.61 bits per heavy atom. The standard InChI is InChI=1S/C24H22O4/c25-15-20-8-4-5-9-21(20)17-28-23-12-10-18(11-13-23)22(16-26)14-24(27)19-6-2-1-3-7-19/h1-13,15,22,26H,14,16-17H2. The fourth-order valence-corrected chi connectivity index (χ4v) is 3.03. The first kappa shape index (κ1) is 19.5. The number of carbonyl (C=O) groups is 2. The third-order valence-electron chi connectivity index (χ3n) is 4.68. The number of aldehydes is 1. The summed E-state index contributed by atoms with van der Waals surface area (Å²) in [5.74, 6) is 0.401. The zero-order valence-electron chi connectivity index (χ0n) is 15.5. The summed E-state index contributed by atoms with van der Waals surface area (Å²) >= 11 is 0. The van der Waals surface area contributed by atoms with Crippen molar-refractivity contribution in [3.63, 3.8) is 0 Å². The lowest BCUT2D eigenvalue weighted by Gasteiger charge is -2.15. The normalized spacial score (nSPS) is 11.6. The number of aliphatic hydroxyl groups is 1. The molecule has 0 amide bonds. The molecule has 4 nitrogen and oxygen atoms in total. The van der Waals surface area contributed by atoms with Gasteiger partial charge in [0, 0.05) is 23.5 Å². The van der Waals surface area contributed by atoms with Gasteiger partial charge in [-0.3, -0.25) is 9.59 Å². The highest BCUT2D eigenvalue weighted by Gasteiger charge is 2.16. The first-order chi connectivity index (χ1) is 13.7. The molecule has 1 atom stereocenters. The minimum Gasteiger partial charge on any atom is -0.489 e. The SMILES string of the molecule is O=Cc1ccccc1COc1ccc(C(CO)CC(=O)c2ccccc2)cc1. The van der Waals surface area contributed by atoms with Gasteiger partial charge in [-0.15, -0.1) is 0 Å². The Balaban J connectivity index is 1.63. The van der Waals surface area contributed by atoms with Crippen LogP contribution in [0, 0.1) is 0 Å². The Kier molecular flexibility index (Phi) is 6.71. The third kappa shape index (κ3) is 4.93. The molecule has 0 saturated heterocycles. The highest BCUT2D eigenvalue weighted by Crippen LogP contribution is 2.24. The molecule has 0 spiro atoms. The number of rotatable bonds is 9. The van der Waals surface area contributed by atoms with E-state index in [2.05, 4.69) is 0 Å². The van der Waals surface area contributed by atoms with Gasteiger partial charge in [-0.25, -0.2) is 0 Å². The fraction of sp³-hybridized carbons (Fsp3) is 0.167. The Labute approximate surface area is 164 Å². The molecule has 0 saturated carbocycles.